The Labute approximate surface area is 319 Å². The number of hydrogen-bond donors (Lipinski definition) is 0. The van der Waals surface area contributed by atoms with E-state index in [0.717, 1.165) is 38.4 Å². The summed E-state index contributed by atoms with van der Waals surface area (Å²) in [5.74, 6) is 1.94. The molecule has 0 spiro atoms. The summed E-state index contributed by atoms with van der Waals surface area (Å²) in [4.78, 5) is 16.2. The lowest BCUT2D eigenvalue weighted by Crippen LogP contribution is -2.28. The molecule has 0 amide bonds. The molecular weight excluding hydrogens is 667 g/mol. The maximum atomic E-state index is 5.50. The van der Waals surface area contributed by atoms with Crippen LogP contribution in [0.25, 0.3) is 77.6 Å². The second-order valence-corrected chi connectivity index (χ2v) is 14.3. The quantitative estimate of drug-likeness (QED) is 0.133. The standard InChI is InChI=1S/C52H33N3/c1-4-18-35(19-5-1)49-53-50(55-51(54-49)48-40-26-13-11-20-36(40)33-44-39-25-12-10-17-34(39)31-32-41(44)48)43-28-16-30-46-47(43)42-27-14-15-29-45(42)52(46,37-21-6-2-7-22-37)38-23-8-3-9-24-38/h1-33H. The van der Waals surface area contributed by atoms with Gasteiger partial charge in [-0.15, -0.1) is 0 Å². The number of hydrogen-bond acceptors (Lipinski definition) is 3. The third-order valence-corrected chi connectivity index (χ3v) is 11.4. The molecule has 3 heteroatoms. The molecule has 0 N–H and O–H groups in total. The van der Waals surface area contributed by atoms with E-state index in [9.17, 15) is 0 Å². The molecular formula is C52H33N3. The van der Waals surface area contributed by atoms with Gasteiger partial charge in [0.15, 0.2) is 17.5 Å². The Kier molecular flexibility index (Phi) is 7.08. The largest absolute Gasteiger partial charge is 0.208 e. The van der Waals surface area contributed by atoms with Crippen molar-refractivity contribution in [1.82, 2.24) is 15.0 Å². The first-order chi connectivity index (χ1) is 27.3. The molecule has 3 nitrogen and oxygen atoms in total. The van der Waals surface area contributed by atoms with Crippen LogP contribution in [0.3, 0.4) is 0 Å². The predicted molar refractivity (Wildman–Crippen MR) is 226 cm³/mol. The lowest BCUT2D eigenvalue weighted by molar-refractivity contribution is 0.768. The summed E-state index contributed by atoms with van der Waals surface area (Å²) in [6.45, 7) is 0. The molecule has 0 saturated heterocycles. The molecule has 1 aliphatic rings. The van der Waals surface area contributed by atoms with Crippen molar-refractivity contribution in [1.29, 1.82) is 0 Å². The van der Waals surface area contributed by atoms with E-state index in [4.69, 9.17) is 15.0 Å². The van der Waals surface area contributed by atoms with Gasteiger partial charge in [0.25, 0.3) is 0 Å². The Hall–Kier alpha value is -7.23. The molecule has 55 heavy (non-hydrogen) atoms. The Morgan fingerprint density at radius 1 is 0.309 bits per heavy atom. The van der Waals surface area contributed by atoms with Crippen molar-refractivity contribution in [2.24, 2.45) is 0 Å². The van der Waals surface area contributed by atoms with Gasteiger partial charge in [-0.2, -0.15) is 0 Å². The van der Waals surface area contributed by atoms with Crippen molar-refractivity contribution in [3.05, 3.63) is 222 Å². The normalized spacial score (nSPS) is 12.9. The SMILES string of the molecule is c1ccc(-c2nc(-c3cccc4c3-c3ccccc3C4(c3ccccc3)c3ccccc3)nc(-c3c4ccccc4cc4c3ccc3ccccc34)n2)cc1. The van der Waals surface area contributed by atoms with Gasteiger partial charge in [0, 0.05) is 16.7 Å². The van der Waals surface area contributed by atoms with E-state index >= 15 is 0 Å². The van der Waals surface area contributed by atoms with Crippen molar-refractivity contribution >= 4 is 32.3 Å². The molecule has 1 heterocycles. The van der Waals surface area contributed by atoms with E-state index in [-0.39, 0.29) is 0 Å². The molecule has 10 aromatic rings. The lowest BCUT2D eigenvalue weighted by atomic mass is 9.67. The van der Waals surface area contributed by atoms with Crippen LogP contribution in [0.5, 0.6) is 0 Å². The first-order valence-corrected chi connectivity index (χ1v) is 18.8. The summed E-state index contributed by atoms with van der Waals surface area (Å²) >= 11 is 0. The molecule has 0 saturated carbocycles. The van der Waals surface area contributed by atoms with Crippen LogP contribution in [0, 0.1) is 0 Å². The Balaban J connectivity index is 1.25. The second-order valence-electron chi connectivity index (χ2n) is 14.3. The topological polar surface area (TPSA) is 38.7 Å². The zero-order chi connectivity index (χ0) is 36.3. The average Bonchev–Trinajstić information content (AvgIpc) is 3.57. The Bertz CT molecular complexity index is 3040. The summed E-state index contributed by atoms with van der Waals surface area (Å²) in [6.07, 6.45) is 0. The molecule has 0 radical (unpaired) electrons. The molecule has 1 aromatic heterocycles. The van der Waals surface area contributed by atoms with E-state index in [1.807, 2.05) is 18.2 Å². The predicted octanol–water partition coefficient (Wildman–Crippen LogP) is 12.7. The second kappa shape index (κ2) is 12.4. The van der Waals surface area contributed by atoms with E-state index in [1.54, 1.807) is 0 Å². The van der Waals surface area contributed by atoms with Crippen LogP contribution in [0.1, 0.15) is 22.3 Å². The lowest BCUT2D eigenvalue weighted by Gasteiger charge is -2.33. The minimum atomic E-state index is -0.532. The highest BCUT2D eigenvalue weighted by Gasteiger charge is 2.47. The van der Waals surface area contributed by atoms with Crippen molar-refractivity contribution in [3.63, 3.8) is 0 Å². The fraction of sp³-hybridized carbons (Fsp3) is 0.0192. The van der Waals surface area contributed by atoms with E-state index in [1.165, 1.54) is 44.0 Å². The van der Waals surface area contributed by atoms with Gasteiger partial charge in [0.1, 0.15) is 0 Å². The van der Waals surface area contributed by atoms with Crippen molar-refractivity contribution in [2.75, 3.05) is 0 Å². The van der Waals surface area contributed by atoms with Gasteiger partial charge in [-0.25, -0.2) is 15.0 Å². The van der Waals surface area contributed by atoms with Crippen molar-refractivity contribution in [3.8, 4) is 45.3 Å². The minimum Gasteiger partial charge on any atom is -0.208 e. The number of nitrogens with zero attached hydrogens (tertiary/aromatic N) is 3. The molecule has 11 rings (SSSR count). The van der Waals surface area contributed by atoms with Gasteiger partial charge < -0.3 is 0 Å². The number of rotatable bonds is 5. The van der Waals surface area contributed by atoms with Crippen LogP contribution >= 0.6 is 0 Å². The highest BCUT2D eigenvalue weighted by atomic mass is 15.0. The maximum Gasteiger partial charge on any atom is 0.165 e. The molecule has 256 valence electrons. The van der Waals surface area contributed by atoms with Gasteiger partial charge in [-0.3, -0.25) is 0 Å². The van der Waals surface area contributed by atoms with Crippen LogP contribution in [0.2, 0.25) is 0 Å². The first-order valence-electron chi connectivity index (χ1n) is 18.8. The first kappa shape index (κ1) is 31.3. The molecule has 1 aliphatic carbocycles. The number of fused-ring (bicyclic) bond motifs is 7. The summed E-state index contributed by atoms with van der Waals surface area (Å²) in [5.41, 5.74) is 9.65. The number of benzene rings is 9. The van der Waals surface area contributed by atoms with Gasteiger partial charge in [-0.1, -0.05) is 194 Å². The summed E-state index contributed by atoms with van der Waals surface area (Å²) in [6, 6.07) is 71.5. The Morgan fingerprint density at radius 3 is 1.64 bits per heavy atom. The minimum absolute atomic E-state index is 0.532. The molecule has 0 fully saturated rings. The zero-order valence-corrected chi connectivity index (χ0v) is 29.9. The maximum absolute atomic E-state index is 5.50. The van der Waals surface area contributed by atoms with Crippen LogP contribution in [0.15, 0.2) is 200 Å². The Morgan fingerprint density at radius 2 is 0.873 bits per heavy atom. The van der Waals surface area contributed by atoms with Gasteiger partial charge >= 0.3 is 0 Å². The fourth-order valence-corrected chi connectivity index (χ4v) is 9.07. The van der Waals surface area contributed by atoms with E-state index in [2.05, 4.69) is 182 Å². The van der Waals surface area contributed by atoms with E-state index < -0.39 is 5.41 Å². The summed E-state index contributed by atoms with van der Waals surface area (Å²) in [7, 11) is 0. The van der Waals surface area contributed by atoms with Gasteiger partial charge in [0.2, 0.25) is 0 Å². The smallest absolute Gasteiger partial charge is 0.165 e. The third-order valence-electron chi connectivity index (χ3n) is 11.4. The molecule has 0 unspecified atom stereocenters. The zero-order valence-electron chi connectivity index (χ0n) is 29.9. The molecule has 0 atom stereocenters. The summed E-state index contributed by atoms with van der Waals surface area (Å²) in [5, 5.41) is 6.97. The average molecular weight is 700 g/mol. The monoisotopic (exact) mass is 699 g/mol. The molecule has 0 bridgehead atoms. The third kappa shape index (κ3) is 4.73. The van der Waals surface area contributed by atoms with Crippen molar-refractivity contribution in [2.45, 2.75) is 5.41 Å². The summed E-state index contributed by atoms with van der Waals surface area (Å²) < 4.78 is 0. The van der Waals surface area contributed by atoms with Crippen LogP contribution in [-0.4, -0.2) is 15.0 Å². The highest BCUT2D eigenvalue weighted by molar-refractivity contribution is 6.19. The highest BCUT2D eigenvalue weighted by Crippen LogP contribution is 2.58. The fourth-order valence-electron chi connectivity index (χ4n) is 9.07. The number of aromatic nitrogens is 3. The van der Waals surface area contributed by atoms with Gasteiger partial charge in [0.05, 0.1) is 5.41 Å². The van der Waals surface area contributed by atoms with Crippen molar-refractivity contribution < 1.29 is 0 Å². The van der Waals surface area contributed by atoms with Crippen LogP contribution in [0.4, 0.5) is 0 Å². The van der Waals surface area contributed by atoms with Crippen LogP contribution in [-0.2, 0) is 5.41 Å². The molecule has 0 aliphatic heterocycles. The van der Waals surface area contributed by atoms with Crippen LogP contribution < -0.4 is 0 Å². The van der Waals surface area contributed by atoms with Gasteiger partial charge in [-0.05, 0) is 71.8 Å². The van der Waals surface area contributed by atoms with E-state index in [0.29, 0.717) is 17.5 Å². The molecule has 9 aromatic carbocycles.